The van der Waals surface area contributed by atoms with Crippen molar-refractivity contribution in [2.24, 2.45) is 0 Å². The van der Waals surface area contributed by atoms with Gasteiger partial charge in [0.05, 0.1) is 24.6 Å². The zero-order chi connectivity index (χ0) is 22.7. The lowest BCUT2D eigenvalue weighted by Gasteiger charge is -2.10. The Morgan fingerprint density at radius 2 is 1.84 bits per heavy atom. The third kappa shape index (κ3) is 5.00. The number of nitrogens with one attached hydrogen (secondary N) is 1. The van der Waals surface area contributed by atoms with Gasteiger partial charge in [-0.15, -0.1) is 0 Å². The summed E-state index contributed by atoms with van der Waals surface area (Å²) in [4.78, 5) is 12.5. The van der Waals surface area contributed by atoms with Gasteiger partial charge in [0, 0.05) is 35.7 Å². The first-order chi connectivity index (χ1) is 15.4. The summed E-state index contributed by atoms with van der Waals surface area (Å²) in [7, 11) is 0. The summed E-state index contributed by atoms with van der Waals surface area (Å²) in [6, 6.07) is 5.38. The molecule has 0 unspecified atom stereocenters. The number of benzene rings is 1. The first-order valence-electron chi connectivity index (χ1n) is 10.2. The van der Waals surface area contributed by atoms with Crippen LogP contribution < -0.4 is 10.1 Å². The van der Waals surface area contributed by atoms with Gasteiger partial charge in [-0.05, 0) is 50.1 Å². The lowest BCUT2D eigenvalue weighted by molar-refractivity contribution is 0.102. The van der Waals surface area contributed by atoms with Crippen LogP contribution in [0.2, 0.25) is 5.02 Å². The van der Waals surface area contributed by atoms with Gasteiger partial charge in [-0.25, -0.2) is 4.68 Å². The number of nitrogens with zero attached hydrogens (tertiary/aromatic N) is 6. The van der Waals surface area contributed by atoms with Gasteiger partial charge in [-0.2, -0.15) is 15.3 Å². The maximum Gasteiger partial charge on any atom is 0.276 e. The zero-order valence-corrected chi connectivity index (χ0v) is 18.9. The number of aromatic nitrogens is 6. The molecule has 0 fully saturated rings. The third-order valence-corrected chi connectivity index (χ3v) is 5.49. The Bertz CT molecular complexity index is 1220. The maximum absolute atomic E-state index is 12.5. The molecule has 0 saturated carbocycles. The summed E-state index contributed by atoms with van der Waals surface area (Å²) < 4.78 is 10.9. The van der Waals surface area contributed by atoms with E-state index in [2.05, 4.69) is 20.6 Å². The van der Waals surface area contributed by atoms with Gasteiger partial charge in [0.1, 0.15) is 5.75 Å². The van der Waals surface area contributed by atoms with E-state index in [1.165, 1.54) is 0 Å². The molecule has 0 aliphatic carbocycles. The minimum atomic E-state index is -0.319. The zero-order valence-electron chi connectivity index (χ0n) is 18.1. The molecule has 3 heterocycles. The molecule has 0 aliphatic rings. The van der Waals surface area contributed by atoms with Crippen LogP contribution in [0.15, 0.2) is 49.2 Å². The highest BCUT2D eigenvalue weighted by Gasteiger charge is 2.12. The highest BCUT2D eigenvalue weighted by molar-refractivity contribution is 6.32. The van der Waals surface area contributed by atoms with E-state index in [0.717, 1.165) is 28.3 Å². The van der Waals surface area contributed by atoms with Crippen molar-refractivity contribution in [1.29, 1.82) is 0 Å². The average molecular weight is 454 g/mol. The minimum absolute atomic E-state index is 0.178. The first kappa shape index (κ1) is 21.6. The van der Waals surface area contributed by atoms with Crippen molar-refractivity contribution >= 4 is 23.2 Å². The largest absolute Gasteiger partial charge is 0.471 e. The summed E-state index contributed by atoms with van der Waals surface area (Å²) in [6.07, 6.45) is 8.85. The number of carbonyl (C=O) groups is 1. The monoisotopic (exact) mass is 453 g/mol. The van der Waals surface area contributed by atoms with Crippen LogP contribution in [-0.4, -0.2) is 35.2 Å². The topological polar surface area (TPSA) is 91.8 Å². The van der Waals surface area contributed by atoms with Crippen LogP contribution in [0, 0.1) is 13.8 Å². The fraction of sp³-hybridized carbons (Fsp3) is 0.273. The molecule has 166 valence electrons. The van der Waals surface area contributed by atoms with Crippen molar-refractivity contribution < 1.29 is 9.53 Å². The molecule has 0 saturated heterocycles. The summed E-state index contributed by atoms with van der Waals surface area (Å²) in [6.45, 7) is 7.46. The lowest BCUT2D eigenvalue weighted by Crippen LogP contribution is -2.14. The molecule has 4 aromatic rings. The van der Waals surface area contributed by atoms with E-state index in [-0.39, 0.29) is 18.3 Å². The number of carbonyl (C=O) groups excluding carboxylic acids is 1. The molecular weight excluding hydrogens is 430 g/mol. The van der Waals surface area contributed by atoms with Crippen molar-refractivity contribution in [2.75, 3.05) is 5.32 Å². The van der Waals surface area contributed by atoms with Gasteiger partial charge >= 0.3 is 0 Å². The van der Waals surface area contributed by atoms with Gasteiger partial charge < -0.3 is 10.1 Å². The first-order valence-corrected chi connectivity index (χ1v) is 10.6. The minimum Gasteiger partial charge on any atom is -0.471 e. The van der Waals surface area contributed by atoms with Gasteiger partial charge in [-0.1, -0.05) is 11.6 Å². The maximum atomic E-state index is 12.5. The van der Waals surface area contributed by atoms with Crippen LogP contribution in [-0.2, 0) is 19.8 Å². The predicted molar refractivity (Wildman–Crippen MR) is 121 cm³/mol. The van der Waals surface area contributed by atoms with Crippen LogP contribution in [0.5, 0.6) is 5.75 Å². The molecule has 3 aromatic heterocycles. The third-order valence-electron chi connectivity index (χ3n) is 4.89. The Kier molecular flexibility index (Phi) is 6.27. The molecule has 0 aliphatic heterocycles. The molecule has 1 amide bonds. The number of rotatable bonds is 8. The quantitative estimate of drug-likeness (QED) is 0.436. The number of aryl methyl sites for hydroxylation is 3. The van der Waals surface area contributed by atoms with Crippen LogP contribution in [0.4, 0.5) is 5.69 Å². The molecule has 0 atom stereocenters. The van der Waals surface area contributed by atoms with E-state index in [1.54, 1.807) is 34.0 Å². The number of ether oxygens (including phenoxy) is 1. The Labute approximate surface area is 190 Å². The normalized spacial score (nSPS) is 11.0. The molecule has 1 N–H and O–H groups in total. The number of hydrogen-bond donors (Lipinski definition) is 1. The van der Waals surface area contributed by atoms with E-state index in [1.807, 2.05) is 50.0 Å². The molecule has 0 radical (unpaired) electrons. The van der Waals surface area contributed by atoms with Crippen molar-refractivity contribution in [3.8, 4) is 5.75 Å². The number of anilines is 1. The van der Waals surface area contributed by atoms with Gasteiger partial charge in [0.15, 0.2) is 12.4 Å². The van der Waals surface area contributed by atoms with E-state index in [9.17, 15) is 4.79 Å². The highest BCUT2D eigenvalue weighted by Crippen LogP contribution is 2.26. The second-order valence-corrected chi connectivity index (χ2v) is 7.85. The molecular formula is C22H24ClN7O2. The van der Waals surface area contributed by atoms with Crippen molar-refractivity contribution in [3.63, 3.8) is 0 Å². The Morgan fingerprint density at radius 1 is 1.09 bits per heavy atom. The summed E-state index contributed by atoms with van der Waals surface area (Å²) in [5.74, 6) is 0.378. The van der Waals surface area contributed by atoms with Gasteiger partial charge in [0.25, 0.3) is 5.91 Å². The summed E-state index contributed by atoms with van der Waals surface area (Å²) in [5, 5.41) is 16.4. The fourth-order valence-electron chi connectivity index (χ4n) is 3.24. The molecule has 0 spiro atoms. The van der Waals surface area contributed by atoms with E-state index in [0.29, 0.717) is 18.0 Å². The molecule has 32 heavy (non-hydrogen) atoms. The van der Waals surface area contributed by atoms with Crippen LogP contribution in [0.25, 0.3) is 0 Å². The fourth-order valence-corrected chi connectivity index (χ4v) is 3.35. The highest BCUT2D eigenvalue weighted by atomic mass is 35.5. The van der Waals surface area contributed by atoms with Crippen molar-refractivity contribution in [3.05, 3.63) is 76.6 Å². The van der Waals surface area contributed by atoms with Crippen LogP contribution >= 0.6 is 11.6 Å². The van der Waals surface area contributed by atoms with E-state index < -0.39 is 0 Å². The second-order valence-electron chi connectivity index (χ2n) is 7.47. The van der Waals surface area contributed by atoms with Crippen molar-refractivity contribution in [2.45, 2.75) is 40.6 Å². The lowest BCUT2D eigenvalue weighted by atomic mass is 10.1. The predicted octanol–water partition coefficient (Wildman–Crippen LogP) is 3.90. The summed E-state index contributed by atoms with van der Waals surface area (Å²) in [5.41, 5.74) is 3.81. The second kappa shape index (κ2) is 9.27. The van der Waals surface area contributed by atoms with E-state index >= 15 is 0 Å². The smallest absolute Gasteiger partial charge is 0.276 e. The SMILES string of the molecule is CCn1cc(Cn2cc(NC(=O)c3ccn(COc4cc(C)c(Cl)c(C)c4)n3)cn2)cn1. The van der Waals surface area contributed by atoms with Crippen LogP contribution in [0.3, 0.4) is 0 Å². The Balaban J connectivity index is 1.33. The Hall–Kier alpha value is -3.59. The number of halogens is 1. The van der Waals surface area contributed by atoms with Gasteiger partial charge in [0.2, 0.25) is 0 Å². The standard InChI is InChI=1S/C22H24ClN7O2/c1-4-28-11-17(9-24-28)12-30-13-18(10-25-30)26-22(31)20-5-6-29(27-20)14-32-19-7-15(2)21(23)16(3)8-19/h5-11,13H,4,12,14H2,1-3H3,(H,26,31). The Morgan fingerprint density at radius 3 is 2.56 bits per heavy atom. The molecule has 4 rings (SSSR count). The summed E-state index contributed by atoms with van der Waals surface area (Å²) >= 11 is 6.19. The molecule has 10 heteroatoms. The number of hydrogen-bond acceptors (Lipinski definition) is 5. The van der Waals surface area contributed by atoms with Crippen molar-refractivity contribution in [1.82, 2.24) is 29.3 Å². The number of amides is 1. The van der Waals surface area contributed by atoms with Gasteiger partial charge in [-0.3, -0.25) is 14.2 Å². The average Bonchev–Trinajstić information content (AvgIpc) is 3.52. The van der Waals surface area contributed by atoms with E-state index in [4.69, 9.17) is 16.3 Å². The molecule has 0 bridgehead atoms. The molecule has 1 aromatic carbocycles. The molecule has 9 nitrogen and oxygen atoms in total. The van der Waals surface area contributed by atoms with Crippen LogP contribution in [0.1, 0.15) is 34.1 Å².